The molecule has 1 aliphatic rings. The summed E-state index contributed by atoms with van der Waals surface area (Å²) in [5.74, 6) is 2.39. The number of aliphatic hydroxyl groups excluding tert-OH is 1. The van der Waals surface area contributed by atoms with Crippen LogP contribution < -0.4 is 4.74 Å². The van der Waals surface area contributed by atoms with Crippen LogP contribution in [0.25, 0.3) is 10.9 Å². The molecule has 0 radical (unpaired) electrons. The molecule has 0 unspecified atom stereocenters. The Kier molecular flexibility index (Phi) is 9.41. The van der Waals surface area contributed by atoms with Gasteiger partial charge in [-0.1, -0.05) is 17.7 Å². The second kappa shape index (κ2) is 12.7. The van der Waals surface area contributed by atoms with Crippen LogP contribution in [-0.2, 0) is 0 Å². The number of thioether (sulfide) groups is 1. The summed E-state index contributed by atoms with van der Waals surface area (Å²) in [6, 6.07) is 16.1. The van der Waals surface area contributed by atoms with Crippen LogP contribution in [0.1, 0.15) is 43.0 Å². The molecule has 2 heterocycles. The average Bonchev–Trinajstić information content (AvgIpc) is 2.90. The molecular formula is C29H37FN2O2S. The first-order valence-corrected chi connectivity index (χ1v) is 13.7. The van der Waals surface area contributed by atoms with Gasteiger partial charge in [0.25, 0.3) is 0 Å². The van der Waals surface area contributed by atoms with Crippen molar-refractivity contribution in [2.24, 2.45) is 11.8 Å². The lowest BCUT2D eigenvalue weighted by atomic mass is 9.81. The molecule has 1 N–H and O–H groups in total. The summed E-state index contributed by atoms with van der Waals surface area (Å²) >= 11 is 1.91. The van der Waals surface area contributed by atoms with Crippen molar-refractivity contribution in [3.63, 3.8) is 0 Å². The molecule has 6 heteroatoms. The highest BCUT2D eigenvalue weighted by molar-refractivity contribution is 7.99. The first kappa shape index (κ1) is 25.9. The quantitative estimate of drug-likeness (QED) is 0.244. The molecule has 4 rings (SSSR count). The van der Waals surface area contributed by atoms with E-state index in [1.165, 1.54) is 10.5 Å². The number of aliphatic hydroxyl groups is 1. The van der Waals surface area contributed by atoms with E-state index in [1.807, 2.05) is 30.0 Å². The van der Waals surface area contributed by atoms with Gasteiger partial charge in [0, 0.05) is 29.6 Å². The summed E-state index contributed by atoms with van der Waals surface area (Å²) in [5.41, 5.74) is 2.76. The van der Waals surface area contributed by atoms with E-state index in [2.05, 4.69) is 41.1 Å². The lowest BCUT2D eigenvalue weighted by Crippen LogP contribution is -2.42. The smallest absolute Gasteiger partial charge is 0.126 e. The van der Waals surface area contributed by atoms with Gasteiger partial charge in [-0.05, 0) is 105 Å². The van der Waals surface area contributed by atoms with Gasteiger partial charge in [-0.25, -0.2) is 4.39 Å². The van der Waals surface area contributed by atoms with Crippen LogP contribution in [0.4, 0.5) is 4.39 Å². The lowest BCUT2D eigenvalue weighted by molar-refractivity contribution is 0.0640. The maximum absolute atomic E-state index is 15.4. The summed E-state index contributed by atoms with van der Waals surface area (Å²) in [6.07, 6.45) is 4.04. The van der Waals surface area contributed by atoms with Crippen LogP contribution in [0.2, 0.25) is 0 Å². The number of rotatable bonds is 11. The molecule has 4 nitrogen and oxygen atoms in total. The number of fused-ring (bicyclic) bond motifs is 1. The summed E-state index contributed by atoms with van der Waals surface area (Å²) < 4.78 is 20.7. The van der Waals surface area contributed by atoms with Gasteiger partial charge in [0.15, 0.2) is 0 Å². The van der Waals surface area contributed by atoms with Crippen molar-refractivity contribution in [1.29, 1.82) is 0 Å². The van der Waals surface area contributed by atoms with Crippen molar-refractivity contribution in [2.45, 2.75) is 43.7 Å². The van der Waals surface area contributed by atoms with Gasteiger partial charge in [0.1, 0.15) is 11.9 Å². The van der Waals surface area contributed by atoms with E-state index in [4.69, 9.17) is 4.74 Å². The number of likely N-dealkylation sites (tertiary alicyclic amines) is 1. The molecule has 2 aromatic carbocycles. The summed E-state index contributed by atoms with van der Waals surface area (Å²) in [6.45, 7) is 5.28. The molecule has 35 heavy (non-hydrogen) atoms. The van der Waals surface area contributed by atoms with E-state index in [9.17, 15) is 5.11 Å². The third-order valence-corrected chi connectivity index (χ3v) is 8.33. The van der Waals surface area contributed by atoms with Crippen molar-refractivity contribution in [2.75, 3.05) is 39.1 Å². The molecule has 0 bridgehead atoms. The summed E-state index contributed by atoms with van der Waals surface area (Å²) in [7, 11) is 1.62. The second-order valence-corrected chi connectivity index (χ2v) is 10.8. The highest BCUT2D eigenvalue weighted by atomic mass is 32.2. The van der Waals surface area contributed by atoms with Crippen LogP contribution in [0.15, 0.2) is 59.6 Å². The Balaban J connectivity index is 1.25. The molecule has 0 aliphatic carbocycles. The predicted octanol–water partition coefficient (Wildman–Crippen LogP) is 6.46. The topological polar surface area (TPSA) is 45.6 Å². The van der Waals surface area contributed by atoms with Gasteiger partial charge in [-0.15, -0.1) is 11.8 Å². The molecule has 1 aromatic heterocycles. The number of pyridine rings is 1. The number of aromatic nitrogens is 1. The molecule has 0 saturated carbocycles. The molecular weight excluding hydrogens is 459 g/mol. The number of aryl methyl sites for hydroxylation is 1. The van der Waals surface area contributed by atoms with Crippen molar-refractivity contribution >= 4 is 22.7 Å². The van der Waals surface area contributed by atoms with Crippen LogP contribution in [0.3, 0.4) is 0 Å². The number of halogens is 1. The fourth-order valence-electron chi connectivity index (χ4n) is 5.12. The third-order valence-electron chi connectivity index (χ3n) is 7.23. The number of nitrogens with zero attached hydrogens (tertiary/aromatic N) is 2. The maximum Gasteiger partial charge on any atom is 0.126 e. The molecule has 0 amide bonds. The molecule has 3 atom stereocenters. The van der Waals surface area contributed by atoms with Gasteiger partial charge in [0.2, 0.25) is 0 Å². The van der Waals surface area contributed by atoms with Crippen LogP contribution in [0, 0.1) is 18.8 Å². The number of ether oxygens (including phenoxy) is 1. The highest BCUT2D eigenvalue weighted by Gasteiger charge is 2.29. The monoisotopic (exact) mass is 496 g/mol. The van der Waals surface area contributed by atoms with E-state index in [-0.39, 0.29) is 12.5 Å². The Hall–Kier alpha value is -2.15. The van der Waals surface area contributed by atoms with Crippen molar-refractivity contribution in [1.82, 2.24) is 9.88 Å². The largest absolute Gasteiger partial charge is 0.497 e. The van der Waals surface area contributed by atoms with Crippen molar-refractivity contribution in [3.05, 3.63) is 65.9 Å². The van der Waals surface area contributed by atoms with Gasteiger partial charge in [-0.3, -0.25) is 4.98 Å². The standard InChI is InChI=1S/C29H37FN2O2S/c1-21-4-8-25(9-5-21)35-17-3-15-32-16-13-22(23(19-32)20-33)6-10-28(30)26-12-14-31-29-11-7-24(34-2)18-27(26)29/h4-5,7-9,11-12,14,18,22-23,28,33H,3,6,10,13,15-17,19-20H2,1-2H3/t22-,23-,28+/m1/s1. The minimum atomic E-state index is -1.05. The zero-order valence-electron chi connectivity index (χ0n) is 20.8. The van der Waals surface area contributed by atoms with Crippen molar-refractivity contribution in [3.8, 4) is 5.75 Å². The van der Waals surface area contributed by atoms with Crippen LogP contribution >= 0.6 is 11.8 Å². The van der Waals surface area contributed by atoms with E-state index < -0.39 is 6.17 Å². The van der Waals surface area contributed by atoms with Crippen LogP contribution in [0.5, 0.6) is 5.75 Å². The van der Waals surface area contributed by atoms with E-state index >= 15 is 4.39 Å². The van der Waals surface area contributed by atoms with E-state index in [0.29, 0.717) is 23.7 Å². The minimum absolute atomic E-state index is 0.172. The number of piperidine rings is 1. The molecule has 188 valence electrons. The first-order valence-electron chi connectivity index (χ1n) is 12.7. The molecule has 0 spiro atoms. The Morgan fingerprint density at radius 2 is 2.00 bits per heavy atom. The Morgan fingerprint density at radius 3 is 2.77 bits per heavy atom. The Bertz CT molecular complexity index is 1080. The maximum atomic E-state index is 15.4. The SMILES string of the molecule is COc1ccc2nccc([C@@H](F)CC[C@@H]3CCN(CCCSc4ccc(C)cc4)C[C@@H]3CO)c2c1. The predicted molar refractivity (Wildman–Crippen MR) is 143 cm³/mol. The zero-order chi connectivity index (χ0) is 24.6. The number of methoxy groups -OCH3 is 1. The van der Waals surface area contributed by atoms with Gasteiger partial charge in [-0.2, -0.15) is 0 Å². The normalized spacial score (nSPS) is 19.7. The fourth-order valence-corrected chi connectivity index (χ4v) is 5.96. The molecule has 1 fully saturated rings. The molecule has 3 aromatic rings. The number of benzene rings is 2. The highest BCUT2D eigenvalue weighted by Crippen LogP contribution is 2.35. The number of hydrogen-bond acceptors (Lipinski definition) is 5. The molecule has 1 saturated heterocycles. The zero-order valence-corrected chi connectivity index (χ0v) is 21.6. The van der Waals surface area contributed by atoms with Crippen molar-refractivity contribution < 1.29 is 14.2 Å². The van der Waals surface area contributed by atoms with E-state index in [0.717, 1.165) is 55.6 Å². The molecule has 1 aliphatic heterocycles. The Labute approximate surface area is 212 Å². The third kappa shape index (κ3) is 6.96. The number of hydrogen-bond donors (Lipinski definition) is 1. The van der Waals surface area contributed by atoms with E-state index in [1.54, 1.807) is 19.4 Å². The summed E-state index contributed by atoms with van der Waals surface area (Å²) in [4.78, 5) is 8.17. The first-order chi connectivity index (χ1) is 17.1. The Morgan fingerprint density at radius 1 is 1.17 bits per heavy atom. The number of alkyl halides is 1. The second-order valence-electron chi connectivity index (χ2n) is 9.64. The minimum Gasteiger partial charge on any atom is -0.497 e. The van der Waals surface area contributed by atoms with Crippen LogP contribution in [-0.4, -0.2) is 54.1 Å². The lowest BCUT2D eigenvalue weighted by Gasteiger charge is -2.38. The average molecular weight is 497 g/mol. The van der Waals surface area contributed by atoms with Gasteiger partial charge < -0.3 is 14.7 Å². The van der Waals surface area contributed by atoms with Gasteiger partial charge in [0.05, 0.1) is 12.6 Å². The van der Waals surface area contributed by atoms with Gasteiger partial charge >= 0.3 is 0 Å². The fraction of sp³-hybridized carbons (Fsp3) is 0.483. The summed E-state index contributed by atoms with van der Waals surface area (Å²) in [5, 5.41) is 10.9.